The van der Waals surface area contributed by atoms with Gasteiger partial charge in [0, 0.05) is 11.3 Å². The minimum absolute atomic E-state index is 0.0505. The number of methoxy groups -OCH3 is 1. The molecule has 39 heavy (non-hydrogen) atoms. The summed E-state index contributed by atoms with van der Waals surface area (Å²) >= 11 is 1.30. The molecule has 0 fully saturated rings. The van der Waals surface area contributed by atoms with Crippen molar-refractivity contribution in [3.8, 4) is 22.8 Å². The Kier molecular flexibility index (Phi) is 8.99. The number of hydrogen-bond acceptors (Lipinski definition) is 6. The van der Waals surface area contributed by atoms with Crippen LogP contribution in [-0.2, 0) is 10.2 Å². The number of hydrogen-bond donors (Lipinski definition) is 1. The van der Waals surface area contributed by atoms with Gasteiger partial charge >= 0.3 is 0 Å². The van der Waals surface area contributed by atoms with Gasteiger partial charge in [0.1, 0.15) is 5.75 Å². The summed E-state index contributed by atoms with van der Waals surface area (Å²) < 4.78 is 7.28. The molecule has 0 aliphatic heterocycles. The molecule has 8 heteroatoms. The molecule has 0 aliphatic rings. The van der Waals surface area contributed by atoms with E-state index in [4.69, 9.17) is 4.74 Å². The molecular formula is C31H33N5O2S. The summed E-state index contributed by atoms with van der Waals surface area (Å²) in [4.78, 5) is 12.6. The van der Waals surface area contributed by atoms with Gasteiger partial charge in [0.15, 0.2) is 11.0 Å². The molecule has 7 nitrogen and oxygen atoms in total. The van der Waals surface area contributed by atoms with Crippen molar-refractivity contribution in [1.29, 1.82) is 0 Å². The number of allylic oxidation sites excluding steroid dienone is 1. The lowest BCUT2D eigenvalue weighted by molar-refractivity contribution is -0.118. The van der Waals surface area contributed by atoms with E-state index in [1.165, 1.54) is 17.3 Å². The fourth-order valence-electron chi connectivity index (χ4n) is 3.85. The molecular weight excluding hydrogens is 506 g/mol. The Bertz CT molecular complexity index is 1450. The number of amides is 1. The summed E-state index contributed by atoms with van der Waals surface area (Å²) in [5.74, 6) is 1.36. The average molecular weight is 540 g/mol. The van der Waals surface area contributed by atoms with Gasteiger partial charge in [-0.15, -0.1) is 10.2 Å². The van der Waals surface area contributed by atoms with Gasteiger partial charge in [-0.1, -0.05) is 93.2 Å². The van der Waals surface area contributed by atoms with Crippen LogP contribution in [0.2, 0.25) is 0 Å². The third-order valence-corrected chi connectivity index (χ3v) is 6.89. The van der Waals surface area contributed by atoms with Crippen LogP contribution in [0.4, 0.5) is 0 Å². The van der Waals surface area contributed by atoms with Crippen molar-refractivity contribution in [3.05, 3.63) is 95.6 Å². The standard InChI is InChI=1S/C31H33N5O2S/c1-22(19-23-9-7-6-8-10-23)20-32-33-28(37)21-39-30-35-34-29(24-11-13-25(14-12-24)31(2,3)4)36(30)26-15-17-27(38-5)18-16-26/h6-20H,21H2,1-5H3,(H,33,37)/b22-19-,32-20+. The Hall–Kier alpha value is -4.17. The molecule has 1 N–H and O–H groups in total. The predicted molar refractivity (Wildman–Crippen MR) is 159 cm³/mol. The second-order valence-electron chi connectivity index (χ2n) is 10.0. The Balaban J connectivity index is 1.51. The van der Waals surface area contributed by atoms with Crippen molar-refractivity contribution in [1.82, 2.24) is 20.2 Å². The zero-order valence-corrected chi connectivity index (χ0v) is 23.7. The second-order valence-corrected chi connectivity index (χ2v) is 11.0. The number of ether oxygens (including phenoxy) is 1. The quantitative estimate of drug-likeness (QED) is 0.148. The SMILES string of the molecule is COc1ccc(-n2c(SCC(=O)N/N=C/C(C)=C\c3ccccc3)nnc2-c2ccc(C(C)(C)C)cc2)cc1. The molecule has 0 unspecified atom stereocenters. The monoisotopic (exact) mass is 539 g/mol. The average Bonchev–Trinajstić information content (AvgIpc) is 3.36. The summed E-state index contributed by atoms with van der Waals surface area (Å²) in [6.45, 7) is 8.50. The van der Waals surface area contributed by atoms with Crippen LogP contribution in [0.1, 0.15) is 38.8 Å². The summed E-state index contributed by atoms with van der Waals surface area (Å²) in [6.07, 6.45) is 3.63. The first-order valence-corrected chi connectivity index (χ1v) is 13.6. The number of hydrazone groups is 1. The van der Waals surface area contributed by atoms with Crippen LogP contribution >= 0.6 is 11.8 Å². The van der Waals surface area contributed by atoms with E-state index in [1.54, 1.807) is 13.3 Å². The van der Waals surface area contributed by atoms with Gasteiger partial charge in [0.25, 0.3) is 5.91 Å². The maximum Gasteiger partial charge on any atom is 0.250 e. The lowest BCUT2D eigenvalue weighted by Gasteiger charge is -2.19. The summed E-state index contributed by atoms with van der Waals surface area (Å²) in [7, 11) is 1.64. The molecule has 0 atom stereocenters. The van der Waals surface area contributed by atoms with Crippen molar-refractivity contribution in [2.24, 2.45) is 5.10 Å². The fourth-order valence-corrected chi connectivity index (χ4v) is 4.60. The largest absolute Gasteiger partial charge is 0.497 e. The zero-order valence-electron chi connectivity index (χ0n) is 22.9. The van der Waals surface area contributed by atoms with Gasteiger partial charge < -0.3 is 4.74 Å². The molecule has 1 heterocycles. The number of nitrogens with zero attached hydrogens (tertiary/aromatic N) is 4. The van der Waals surface area contributed by atoms with E-state index in [9.17, 15) is 4.79 Å². The van der Waals surface area contributed by atoms with Gasteiger partial charge in [0.05, 0.1) is 19.1 Å². The molecule has 4 aromatic rings. The van der Waals surface area contributed by atoms with Crippen LogP contribution in [0.25, 0.3) is 23.2 Å². The number of aromatic nitrogens is 3. The molecule has 0 bridgehead atoms. The molecule has 1 aromatic heterocycles. The highest BCUT2D eigenvalue weighted by atomic mass is 32.2. The molecule has 0 saturated heterocycles. The van der Waals surface area contributed by atoms with Crippen LogP contribution in [0.15, 0.2) is 94.7 Å². The first-order valence-electron chi connectivity index (χ1n) is 12.6. The molecule has 0 spiro atoms. The first kappa shape index (κ1) is 27.9. The van der Waals surface area contributed by atoms with E-state index < -0.39 is 0 Å². The van der Waals surface area contributed by atoms with Crippen molar-refractivity contribution >= 4 is 30.0 Å². The predicted octanol–water partition coefficient (Wildman–Crippen LogP) is 6.54. The van der Waals surface area contributed by atoms with E-state index in [0.717, 1.165) is 28.1 Å². The lowest BCUT2D eigenvalue weighted by Crippen LogP contribution is -2.20. The van der Waals surface area contributed by atoms with Crippen molar-refractivity contribution in [3.63, 3.8) is 0 Å². The summed E-state index contributed by atoms with van der Waals surface area (Å²) in [5.41, 5.74) is 7.70. The van der Waals surface area contributed by atoms with E-state index in [2.05, 4.69) is 65.8 Å². The van der Waals surface area contributed by atoms with Gasteiger partial charge in [-0.25, -0.2) is 5.43 Å². The van der Waals surface area contributed by atoms with E-state index in [1.807, 2.05) is 72.2 Å². The molecule has 0 saturated carbocycles. The fraction of sp³-hybridized carbons (Fsp3) is 0.226. The van der Waals surface area contributed by atoms with Crippen molar-refractivity contribution in [2.75, 3.05) is 12.9 Å². The van der Waals surface area contributed by atoms with Gasteiger partial charge in [-0.05, 0) is 53.3 Å². The van der Waals surface area contributed by atoms with Crippen LogP contribution in [-0.4, -0.2) is 39.7 Å². The molecule has 0 radical (unpaired) electrons. The normalized spacial score (nSPS) is 12.1. The number of carbonyl (C=O) groups excluding carboxylic acids is 1. The Morgan fingerprint density at radius 1 is 1.00 bits per heavy atom. The molecule has 1 amide bonds. The molecule has 4 rings (SSSR count). The number of carbonyl (C=O) groups is 1. The van der Waals surface area contributed by atoms with Gasteiger partial charge in [-0.3, -0.25) is 9.36 Å². The topological polar surface area (TPSA) is 81.4 Å². The third kappa shape index (κ3) is 7.45. The maximum absolute atomic E-state index is 12.6. The van der Waals surface area contributed by atoms with E-state index in [-0.39, 0.29) is 17.1 Å². The number of nitrogens with one attached hydrogen (secondary N) is 1. The summed E-state index contributed by atoms with van der Waals surface area (Å²) in [5, 5.41) is 13.6. The lowest BCUT2D eigenvalue weighted by atomic mass is 9.87. The highest BCUT2D eigenvalue weighted by Crippen LogP contribution is 2.30. The highest BCUT2D eigenvalue weighted by molar-refractivity contribution is 7.99. The Morgan fingerprint density at radius 2 is 1.69 bits per heavy atom. The minimum atomic E-state index is -0.232. The Morgan fingerprint density at radius 3 is 2.33 bits per heavy atom. The maximum atomic E-state index is 12.6. The third-order valence-electron chi connectivity index (χ3n) is 5.96. The zero-order chi connectivity index (χ0) is 27.8. The van der Waals surface area contributed by atoms with E-state index >= 15 is 0 Å². The van der Waals surface area contributed by atoms with Crippen molar-refractivity contribution in [2.45, 2.75) is 38.3 Å². The van der Waals surface area contributed by atoms with Crippen molar-refractivity contribution < 1.29 is 9.53 Å². The summed E-state index contributed by atoms with van der Waals surface area (Å²) in [6, 6.07) is 26.0. The molecule has 0 aliphatic carbocycles. The minimum Gasteiger partial charge on any atom is -0.497 e. The van der Waals surface area contributed by atoms with Crippen LogP contribution in [0, 0.1) is 0 Å². The van der Waals surface area contributed by atoms with Gasteiger partial charge in [-0.2, -0.15) is 5.10 Å². The first-order chi connectivity index (χ1) is 18.7. The number of benzene rings is 3. The molecule has 3 aromatic carbocycles. The highest BCUT2D eigenvalue weighted by Gasteiger charge is 2.19. The van der Waals surface area contributed by atoms with Crippen LogP contribution in [0.3, 0.4) is 0 Å². The second kappa shape index (κ2) is 12.6. The number of thioether (sulfide) groups is 1. The van der Waals surface area contributed by atoms with Crippen LogP contribution in [0.5, 0.6) is 5.75 Å². The van der Waals surface area contributed by atoms with Gasteiger partial charge in [0.2, 0.25) is 0 Å². The number of rotatable bonds is 9. The Labute approximate surface area is 234 Å². The van der Waals surface area contributed by atoms with E-state index in [0.29, 0.717) is 11.0 Å². The van der Waals surface area contributed by atoms with Crippen LogP contribution < -0.4 is 10.2 Å². The smallest absolute Gasteiger partial charge is 0.250 e. The molecule has 200 valence electrons.